The summed E-state index contributed by atoms with van der Waals surface area (Å²) in [7, 11) is 0. The number of ether oxygens (including phenoxy) is 1. The van der Waals surface area contributed by atoms with Gasteiger partial charge in [0.15, 0.2) is 5.96 Å². The van der Waals surface area contributed by atoms with Crippen molar-refractivity contribution in [3.05, 3.63) is 0 Å². The highest BCUT2D eigenvalue weighted by molar-refractivity contribution is 14.0. The molecule has 0 saturated carbocycles. The fourth-order valence-corrected chi connectivity index (χ4v) is 1.08. The quantitative estimate of drug-likeness (QED) is 0.281. The first-order valence-electron chi connectivity index (χ1n) is 6.36. The second kappa shape index (κ2) is 11.1. The number of aliphatic imine (C=N–C) groups is 1. The van der Waals surface area contributed by atoms with Gasteiger partial charge in [-0.15, -0.1) is 24.0 Å². The van der Waals surface area contributed by atoms with E-state index in [0.717, 1.165) is 19.4 Å². The number of guanidine groups is 1. The van der Waals surface area contributed by atoms with Gasteiger partial charge >= 0.3 is 6.09 Å². The number of alkyl carbamates (subject to hydrolysis) is 1. The molecule has 0 heterocycles. The highest BCUT2D eigenvalue weighted by atomic mass is 127. The van der Waals surface area contributed by atoms with Crippen LogP contribution in [0.4, 0.5) is 4.79 Å². The molecule has 0 aliphatic carbocycles. The molecule has 0 aromatic heterocycles. The minimum atomic E-state index is -0.474. The van der Waals surface area contributed by atoms with E-state index in [0.29, 0.717) is 19.0 Å². The maximum absolute atomic E-state index is 11.3. The number of hydrogen-bond acceptors (Lipinski definition) is 3. The van der Waals surface area contributed by atoms with E-state index in [1.165, 1.54) is 0 Å². The predicted octanol–water partition coefficient (Wildman–Crippen LogP) is 1.83. The van der Waals surface area contributed by atoms with Gasteiger partial charge < -0.3 is 21.1 Å². The lowest BCUT2D eigenvalue weighted by Crippen LogP contribution is -2.40. The number of amides is 1. The highest BCUT2D eigenvalue weighted by Crippen LogP contribution is 2.05. The van der Waals surface area contributed by atoms with Crippen LogP contribution in [-0.4, -0.2) is 37.3 Å². The first-order chi connectivity index (χ1) is 8.35. The molecule has 19 heavy (non-hydrogen) atoms. The van der Waals surface area contributed by atoms with Gasteiger partial charge in [-0.2, -0.15) is 0 Å². The number of rotatable bonds is 6. The van der Waals surface area contributed by atoms with Gasteiger partial charge in [0.05, 0.1) is 0 Å². The molecule has 0 atom stereocenters. The zero-order valence-electron chi connectivity index (χ0n) is 12.3. The normalized spacial score (nSPS) is 11.5. The van der Waals surface area contributed by atoms with Crippen LogP contribution in [0.2, 0.25) is 0 Å². The fraction of sp³-hybridized carbons (Fsp3) is 0.833. The van der Waals surface area contributed by atoms with Gasteiger partial charge in [-0.25, -0.2) is 4.79 Å². The molecule has 0 unspecified atom stereocenters. The van der Waals surface area contributed by atoms with Crippen LogP contribution in [0, 0.1) is 0 Å². The summed E-state index contributed by atoms with van der Waals surface area (Å²) in [5.74, 6) is 0.412. The molecule has 0 bridgehead atoms. The molecule has 1 amide bonds. The molecule has 0 aliphatic heterocycles. The summed E-state index contributed by atoms with van der Waals surface area (Å²) in [6, 6.07) is 0. The number of unbranched alkanes of at least 4 members (excludes halogenated alkanes) is 1. The maximum Gasteiger partial charge on any atom is 0.407 e. The third kappa shape index (κ3) is 15.2. The average Bonchev–Trinajstić information content (AvgIpc) is 2.22. The van der Waals surface area contributed by atoms with Crippen molar-refractivity contribution >= 4 is 36.0 Å². The zero-order chi connectivity index (χ0) is 14.0. The lowest BCUT2D eigenvalue weighted by Gasteiger charge is -2.19. The maximum atomic E-state index is 11.3. The van der Waals surface area contributed by atoms with E-state index < -0.39 is 11.7 Å². The molecule has 4 N–H and O–H groups in total. The number of carbonyl (C=O) groups is 1. The van der Waals surface area contributed by atoms with Crippen LogP contribution in [0.15, 0.2) is 4.99 Å². The molecule has 114 valence electrons. The van der Waals surface area contributed by atoms with E-state index in [1.807, 2.05) is 20.8 Å². The monoisotopic (exact) mass is 386 g/mol. The summed E-state index contributed by atoms with van der Waals surface area (Å²) < 4.78 is 5.08. The van der Waals surface area contributed by atoms with Crippen LogP contribution in [0.5, 0.6) is 0 Å². The second-order valence-corrected chi connectivity index (χ2v) is 4.98. The average molecular weight is 386 g/mol. The number of hydrogen-bond donors (Lipinski definition) is 3. The van der Waals surface area contributed by atoms with Gasteiger partial charge in [0.25, 0.3) is 0 Å². The Morgan fingerprint density at radius 3 is 2.37 bits per heavy atom. The first-order valence-corrected chi connectivity index (χ1v) is 6.36. The molecule has 0 fully saturated rings. The topological polar surface area (TPSA) is 88.7 Å². The molecule has 0 rings (SSSR count). The Morgan fingerprint density at radius 1 is 1.26 bits per heavy atom. The molecule has 0 aromatic rings. The number of carbonyl (C=O) groups excluding carboxylic acids is 1. The van der Waals surface area contributed by atoms with Crippen LogP contribution in [0.25, 0.3) is 0 Å². The summed E-state index contributed by atoms with van der Waals surface area (Å²) in [5.41, 5.74) is 5.15. The van der Waals surface area contributed by atoms with Gasteiger partial charge in [-0.05, 0) is 27.2 Å². The Balaban J connectivity index is 0. The van der Waals surface area contributed by atoms with Crippen molar-refractivity contribution in [3.8, 4) is 0 Å². The molecule has 6 nitrogen and oxygen atoms in total. The van der Waals surface area contributed by atoms with Gasteiger partial charge in [0.2, 0.25) is 0 Å². The Morgan fingerprint density at radius 2 is 1.84 bits per heavy atom. The molecule has 0 spiro atoms. The number of nitrogens with zero attached hydrogens (tertiary/aromatic N) is 1. The van der Waals surface area contributed by atoms with E-state index in [4.69, 9.17) is 10.5 Å². The minimum absolute atomic E-state index is 0. The lowest BCUT2D eigenvalue weighted by molar-refractivity contribution is 0.0529. The van der Waals surface area contributed by atoms with E-state index in [9.17, 15) is 4.79 Å². The molecule has 0 radical (unpaired) electrons. The van der Waals surface area contributed by atoms with E-state index in [2.05, 4.69) is 22.5 Å². The second-order valence-electron chi connectivity index (χ2n) is 4.98. The van der Waals surface area contributed by atoms with Gasteiger partial charge in [0, 0.05) is 19.6 Å². The smallest absolute Gasteiger partial charge is 0.407 e. The van der Waals surface area contributed by atoms with Crippen molar-refractivity contribution < 1.29 is 9.53 Å². The highest BCUT2D eigenvalue weighted by Gasteiger charge is 2.15. The molecular weight excluding hydrogens is 359 g/mol. The van der Waals surface area contributed by atoms with E-state index in [1.54, 1.807) is 0 Å². The van der Waals surface area contributed by atoms with Crippen molar-refractivity contribution in [2.24, 2.45) is 10.7 Å². The van der Waals surface area contributed by atoms with Crippen LogP contribution in [-0.2, 0) is 4.74 Å². The van der Waals surface area contributed by atoms with E-state index >= 15 is 0 Å². The third-order valence-electron chi connectivity index (χ3n) is 1.89. The van der Waals surface area contributed by atoms with Crippen LogP contribution in [0.3, 0.4) is 0 Å². The molecular formula is C12H27IN4O2. The van der Waals surface area contributed by atoms with Crippen molar-refractivity contribution in [1.29, 1.82) is 0 Å². The predicted molar refractivity (Wildman–Crippen MR) is 89.1 cm³/mol. The largest absolute Gasteiger partial charge is 0.444 e. The molecule has 7 heteroatoms. The summed E-state index contributed by atoms with van der Waals surface area (Å²) in [4.78, 5) is 15.4. The summed E-state index contributed by atoms with van der Waals surface area (Å²) in [6.45, 7) is 9.27. The lowest BCUT2D eigenvalue weighted by atomic mass is 10.2. The van der Waals surface area contributed by atoms with Crippen LogP contribution < -0.4 is 16.4 Å². The van der Waals surface area contributed by atoms with Gasteiger partial charge in [0.1, 0.15) is 5.60 Å². The Bertz CT molecular complexity index is 277. The first kappa shape index (κ1) is 20.6. The molecule has 0 aromatic carbocycles. The zero-order valence-corrected chi connectivity index (χ0v) is 14.6. The van der Waals surface area contributed by atoms with Crippen molar-refractivity contribution in [2.75, 3.05) is 19.6 Å². The summed E-state index contributed by atoms with van der Waals surface area (Å²) >= 11 is 0. The molecule has 0 aliphatic rings. The van der Waals surface area contributed by atoms with Crippen LogP contribution in [0.1, 0.15) is 40.5 Å². The van der Waals surface area contributed by atoms with Gasteiger partial charge in [-0.1, -0.05) is 13.3 Å². The standard InChI is InChI=1S/C12H26N4O2.HI/c1-5-6-7-14-10(13)15-8-9-16-11(17)18-12(2,3)4;/h5-9H2,1-4H3,(H,16,17)(H3,13,14,15);1H. The number of halogens is 1. The third-order valence-corrected chi connectivity index (χ3v) is 1.89. The van der Waals surface area contributed by atoms with Crippen molar-refractivity contribution in [3.63, 3.8) is 0 Å². The Kier molecular flexibility index (Phi) is 12.1. The van der Waals surface area contributed by atoms with Gasteiger partial charge in [-0.3, -0.25) is 4.99 Å². The molecule has 0 saturated heterocycles. The van der Waals surface area contributed by atoms with Crippen molar-refractivity contribution in [1.82, 2.24) is 10.6 Å². The minimum Gasteiger partial charge on any atom is -0.444 e. The number of nitrogens with one attached hydrogen (secondary N) is 2. The van der Waals surface area contributed by atoms with Crippen molar-refractivity contribution in [2.45, 2.75) is 46.1 Å². The summed E-state index contributed by atoms with van der Waals surface area (Å²) in [5, 5.41) is 5.54. The Labute approximate surface area is 133 Å². The summed E-state index contributed by atoms with van der Waals surface area (Å²) in [6.07, 6.45) is 1.70. The SMILES string of the molecule is CCCCN=C(N)NCCNC(=O)OC(C)(C)C.I. The van der Waals surface area contributed by atoms with E-state index in [-0.39, 0.29) is 24.0 Å². The Hall–Kier alpha value is -0.730. The van der Waals surface area contributed by atoms with Crippen LogP contribution >= 0.6 is 24.0 Å². The number of nitrogens with two attached hydrogens (primary N) is 1. The fourth-order valence-electron chi connectivity index (χ4n) is 1.08.